The fourth-order valence-corrected chi connectivity index (χ4v) is 1.60. The summed E-state index contributed by atoms with van der Waals surface area (Å²) in [6.45, 7) is 0. The van der Waals surface area contributed by atoms with Gasteiger partial charge in [0, 0.05) is 23.1 Å². The molecule has 0 fully saturated rings. The maximum Gasteiger partial charge on any atom is 1.00 e. The van der Waals surface area contributed by atoms with Crippen molar-refractivity contribution in [2.24, 2.45) is 4.40 Å². The minimum atomic E-state index is 0. The molecule has 13 heavy (non-hydrogen) atoms. The van der Waals surface area contributed by atoms with Crippen molar-refractivity contribution in [3.8, 4) is 0 Å². The second-order valence-corrected chi connectivity index (χ2v) is 3.08. The van der Waals surface area contributed by atoms with Crippen LogP contribution < -0.4 is 18.9 Å². The molecule has 0 saturated heterocycles. The fraction of sp³-hybridized carbons (Fsp3) is 0. The van der Waals surface area contributed by atoms with Gasteiger partial charge >= 0.3 is 18.9 Å². The predicted octanol–water partition coefficient (Wildman–Crippen LogP) is -0.382. The van der Waals surface area contributed by atoms with Crippen molar-refractivity contribution in [2.75, 3.05) is 0 Å². The van der Waals surface area contributed by atoms with Crippen LogP contribution in [0, 0.1) is 0 Å². The zero-order chi connectivity index (χ0) is 7.52. The molecule has 1 heterocycles. The Kier molecular flexibility index (Phi) is 5.85. The van der Waals surface area contributed by atoms with Gasteiger partial charge in [-0.3, -0.25) is 0 Å². The summed E-state index contributed by atoms with van der Waals surface area (Å²) < 4.78 is 4.12. The van der Waals surface area contributed by atoms with Crippen molar-refractivity contribution < 1.29 is 24.3 Å². The summed E-state index contributed by atoms with van der Waals surface area (Å²) in [5.74, 6) is 0. The first-order valence-electron chi connectivity index (χ1n) is 3.43. The van der Waals surface area contributed by atoms with Crippen molar-refractivity contribution in [2.45, 2.75) is 4.90 Å². The van der Waals surface area contributed by atoms with Crippen LogP contribution in [0.25, 0.3) is 6.08 Å². The summed E-state index contributed by atoms with van der Waals surface area (Å²) in [6, 6.07) is 8.23. The van der Waals surface area contributed by atoms with Crippen molar-refractivity contribution in [3.63, 3.8) is 0 Å². The summed E-state index contributed by atoms with van der Waals surface area (Å²) in [5.41, 5.74) is 1.25. The molecule has 4 heteroatoms. The fourth-order valence-electron chi connectivity index (χ4n) is 0.970. The Bertz CT molecular complexity index is 325. The van der Waals surface area contributed by atoms with Gasteiger partial charge in [0.2, 0.25) is 0 Å². The zero-order valence-electron chi connectivity index (χ0n) is 7.34. The molecule has 1 aliphatic heterocycles. The molecule has 0 unspecified atom stereocenters. The minimum Gasteiger partial charge on any atom is -0.870 e. The molecule has 0 bridgehead atoms. The Morgan fingerprint density at radius 1 is 1.15 bits per heavy atom. The maximum absolute atomic E-state index is 4.12. The van der Waals surface area contributed by atoms with E-state index in [9.17, 15) is 0 Å². The number of nitrogens with zero attached hydrogens (tertiary/aromatic N) is 1. The van der Waals surface area contributed by atoms with E-state index in [1.165, 1.54) is 22.4 Å². The molecule has 1 aliphatic rings. The quantitative estimate of drug-likeness (QED) is 0.408. The largest absolute Gasteiger partial charge is 1.00 e. The van der Waals surface area contributed by atoms with Gasteiger partial charge in [0.05, 0.1) is 0 Å². The Balaban J connectivity index is 0.000000720. The standard InChI is InChI=1S/C9H7NS.Li.H2O/c1-2-6-9-8(4-1)5-3-7-10-11-9;;/h1-7H;;1H2/q;+1;/p-1. The normalized spacial score (nSPS) is 12.0. The molecule has 0 saturated carbocycles. The SMILES string of the molecule is C1=Cc2ccccc2SN=C1.[Li+].[OH-]. The van der Waals surface area contributed by atoms with E-state index in [4.69, 9.17) is 0 Å². The van der Waals surface area contributed by atoms with E-state index in [1.54, 1.807) is 0 Å². The summed E-state index contributed by atoms with van der Waals surface area (Å²) >= 11 is 1.52. The molecule has 2 nitrogen and oxygen atoms in total. The van der Waals surface area contributed by atoms with Gasteiger partial charge in [-0.1, -0.05) is 24.3 Å². The Morgan fingerprint density at radius 3 is 2.77 bits per heavy atom. The van der Waals surface area contributed by atoms with E-state index in [2.05, 4.69) is 22.6 Å². The maximum atomic E-state index is 4.12. The van der Waals surface area contributed by atoms with Crippen molar-refractivity contribution >= 4 is 24.2 Å². The van der Waals surface area contributed by atoms with E-state index in [1.807, 2.05) is 24.4 Å². The van der Waals surface area contributed by atoms with Crippen molar-refractivity contribution in [3.05, 3.63) is 35.9 Å². The van der Waals surface area contributed by atoms with E-state index in [0.29, 0.717) is 0 Å². The van der Waals surface area contributed by atoms with Crippen LogP contribution in [0.1, 0.15) is 5.56 Å². The number of benzene rings is 1. The van der Waals surface area contributed by atoms with Crippen LogP contribution in [0.15, 0.2) is 39.6 Å². The van der Waals surface area contributed by atoms with Crippen LogP contribution in [-0.2, 0) is 0 Å². The van der Waals surface area contributed by atoms with Crippen molar-refractivity contribution in [1.82, 2.24) is 0 Å². The first-order chi connectivity index (χ1) is 5.47. The van der Waals surface area contributed by atoms with Crippen LogP contribution in [0.3, 0.4) is 0 Å². The van der Waals surface area contributed by atoms with E-state index in [0.717, 1.165) is 0 Å². The van der Waals surface area contributed by atoms with Crippen molar-refractivity contribution in [1.29, 1.82) is 0 Å². The second-order valence-electron chi connectivity index (χ2n) is 2.24. The molecule has 0 aliphatic carbocycles. The average molecular weight is 185 g/mol. The molecular weight excluding hydrogens is 177 g/mol. The number of allylic oxidation sites excluding steroid dienone is 1. The zero-order valence-corrected chi connectivity index (χ0v) is 8.16. The molecular formula is C9H8LiNOS. The Labute approximate surface area is 93.8 Å². The first-order valence-corrected chi connectivity index (χ1v) is 4.20. The molecule has 1 N–H and O–H groups in total. The average Bonchev–Trinajstić information content (AvgIpc) is 2.28. The van der Waals surface area contributed by atoms with Crippen LogP contribution >= 0.6 is 11.9 Å². The summed E-state index contributed by atoms with van der Waals surface area (Å²) in [4.78, 5) is 1.22. The van der Waals surface area contributed by atoms with Gasteiger partial charge in [-0.2, -0.15) is 0 Å². The van der Waals surface area contributed by atoms with E-state index < -0.39 is 0 Å². The van der Waals surface area contributed by atoms with Gasteiger partial charge in [0.15, 0.2) is 0 Å². The monoisotopic (exact) mass is 185 g/mol. The third kappa shape index (κ3) is 3.05. The van der Waals surface area contributed by atoms with E-state index >= 15 is 0 Å². The number of fused-ring (bicyclic) bond motifs is 1. The smallest absolute Gasteiger partial charge is 0.870 e. The number of rotatable bonds is 0. The molecule has 1 aromatic rings. The van der Waals surface area contributed by atoms with Crippen LogP contribution in [-0.4, -0.2) is 11.7 Å². The topological polar surface area (TPSA) is 42.4 Å². The minimum absolute atomic E-state index is 0. The Hall–Kier alpha value is -0.463. The second kappa shape index (κ2) is 6.06. The molecule has 0 aromatic heterocycles. The molecule has 62 valence electrons. The van der Waals surface area contributed by atoms with Crippen LogP contribution in [0.2, 0.25) is 0 Å². The van der Waals surface area contributed by atoms with Gasteiger partial charge in [-0.25, -0.2) is 4.40 Å². The predicted molar refractivity (Wildman–Crippen MR) is 51.8 cm³/mol. The van der Waals surface area contributed by atoms with Gasteiger partial charge < -0.3 is 5.48 Å². The van der Waals surface area contributed by atoms with Gasteiger partial charge in [-0.05, 0) is 17.7 Å². The third-order valence-corrected chi connectivity index (χ3v) is 2.29. The summed E-state index contributed by atoms with van der Waals surface area (Å²) in [5, 5.41) is 0. The van der Waals surface area contributed by atoms with Gasteiger partial charge in [0.1, 0.15) is 0 Å². The molecule has 0 atom stereocenters. The van der Waals surface area contributed by atoms with E-state index in [-0.39, 0.29) is 24.3 Å². The third-order valence-electron chi connectivity index (χ3n) is 1.49. The molecule has 0 radical (unpaired) electrons. The molecule has 0 amide bonds. The first kappa shape index (κ1) is 12.5. The summed E-state index contributed by atoms with van der Waals surface area (Å²) in [7, 11) is 0. The van der Waals surface area contributed by atoms with Gasteiger partial charge in [-0.15, -0.1) is 0 Å². The molecule has 2 rings (SSSR count). The molecule has 1 aromatic carbocycles. The van der Waals surface area contributed by atoms with Gasteiger partial charge in [0.25, 0.3) is 0 Å². The number of hydrogen-bond acceptors (Lipinski definition) is 3. The van der Waals surface area contributed by atoms with Crippen LogP contribution in [0.5, 0.6) is 0 Å². The number of hydrogen-bond donors (Lipinski definition) is 0. The molecule has 0 spiro atoms. The summed E-state index contributed by atoms with van der Waals surface area (Å²) in [6.07, 6.45) is 5.84. The Morgan fingerprint density at radius 2 is 1.92 bits per heavy atom. The van der Waals surface area contributed by atoms with Crippen LogP contribution in [0.4, 0.5) is 0 Å².